The van der Waals surface area contributed by atoms with Crippen molar-refractivity contribution >= 4 is 29.9 Å². The maximum Gasteiger partial charge on any atom is 0.337 e. The number of aromatic nitrogens is 2. The molecule has 0 aliphatic rings. The number of methoxy groups -OCH3 is 1. The van der Waals surface area contributed by atoms with Crippen molar-refractivity contribution in [1.29, 1.82) is 0 Å². The van der Waals surface area contributed by atoms with Crippen LogP contribution in [0.1, 0.15) is 10.4 Å². The zero-order valence-corrected chi connectivity index (χ0v) is 13.8. The van der Waals surface area contributed by atoms with Gasteiger partial charge in [-0.1, -0.05) is 36.4 Å². The molecule has 24 heavy (non-hydrogen) atoms. The van der Waals surface area contributed by atoms with Crippen molar-refractivity contribution in [2.45, 2.75) is 0 Å². The highest BCUT2D eigenvalue weighted by molar-refractivity contribution is 5.90. The number of carbonyl (C=O) groups is 1. The lowest BCUT2D eigenvalue weighted by Crippen LogP contribution is -2.02. The van der Waals surface area contributed by atoms with Crippen molar-refractivity contribution < 1.29 is 9.53 Å². The lowest BCUT2D eigenvalue weighted by atomic mass is 10.1. The number of rotatable bonds is 4. The molecule has 0 aliphatic heterocycles. The Labute approximate surface area is 146 Å². The van der Waals surface area contributed by atoms with Crippen LogP contribution in [-0.4, -0.2) is 23.0 Å². The Morgan fingerprint density at radius 3 is 2.54 bits per heavy atom. The van der Waals surface area contributed by atoms with Crippen molar-refractivity contribution in [3.05, 3.63) is 72.6 Å². The number of benzene rings is 2. The standard InChI is InChI=1S/C18H15N3O2.ClH/c1-23-18(22)14-8-5-9-15(10-14)21-17-11-16(19-12-20-17)13-6-3-2-4-7-13;/h2-12H,1H3,(H,19,20,21);1H. The molecule has 0 unspecified atom stereocenters. The molecule has 5 nitrogen and oxygen atoms in total. The van der Waals surface area contributed by atoms with Gasteiger partial charge in [-0.25, -0.2) is 14.8 Å². The van der Waals surface area contributed by atoms with Crippen LogP contribution >= 0.6 is 12.4 Å². The molecule has 0 spiro atoms. The average molecular weight is 342 g/mol. The van der Waals surface area contributed by atoms with Crippen LogP contribution in [0.2, 0.25) is 0 Å². The van der Waals surface area contributed by atoms with E-state index < -0.39 is 0 Å². The summed E-state index contributed by atoms with van der Waals surface area (Å²) in [5.41, 5.74) is 3.08. The smallest absolute Gasteiger partial charge is 0.337 e. The fourth-order valence-electron chi connectivity index (χ4n) is 2.18. The van der Waals surface area contributed by atoms with Crippen molar-refractivity contribution in [2.24, 2.45) is 0 Å². The Balaban J connectivity index is 0.00000208. The van der Waals surface area contributed by atoms with Crippen molar-refractivity contribution in [3.63, 3.8) is 0 Å². The molecule has 122 valence electrons. The predicted molar refractivity (Wildman–Crippen MR) is 95.8 cm³/mol. The van der Waals surface area contributed by atoms with Crippen LogP contribution in [0.3, 0.4) is 0 Å². The average Bonchev–Trinajstić information content (AvgIpc) is 2.62. The van der Waals surface area contributed by atoms with Gasteiger partial charge in [-0.15, -0.1) is 12.4 Å². The molecule has 1 heterocycles. The lowest BCUT2D eigenvalue weighted by Gasteiger charge is -2.08. The summed E-state index contributed by atoms with van der Waals surface area (Å²) in [6.45, 7) is 0. The number of hydrogen-bond acceptors (Lipinski definition) is 5. The minimum Gasteiger partial charge on any atom is -0.465 e. The second-order valence-corrected chi connectivity index (χ2v) is 4.85. The molecule has 0 saturated heterocycles. The Bertz CT molecular complexity index is 825. The molecular weight excluding hydrogens is 326 g/mol. The van der Waals surface area contributed by atoms with Crippen LogP contribution in [0, 0.1) is 0 Å². The van der Waals surface area contributed by atoms with Crippen molar-refractivity contribution in [3.8, 4) is 11.3 Å². The summed E-state index contributed by atoms with van der Waals surface area (Å²) in [4.78, 5) is 20.1. The van der Waals surface area contributed by atoms with E-state index >= 15 is 0 Å². The second kappa shape index (κ2) is 8.08. The number of nitrogens with one attached hydrogen (secondary N) is 1. The Morgan fingerprint density at radius 1 is 1.00 bits per heavy atom. The van der Waals surface area contributed by atoms with Crippen LogP contribution in [0.5, 0.6) is 0 Å². The number of hydrogen-bond donors (Lipinski definition) is 1. The fraction of sp³-hybridized carbons (Fsp3) is 0.0556. The zero-order valence-electron chi connectivity index (χ0n) is 13.0. The number of nitrogens with zero attached hydrogens (tertiary/aromatic N) is 2. The zero-order chi connectivity index (χ0) is 16.1. The molecular formula is C18H16ClN3O2. The third-order valence-corrected chi connectivity index (χ3v) is 3.29. The third kappa shape index (κ3) is 4.08. The topological polar surface area (TPSA) is 64.1 Å². The molecule has 0 atom stereocenters. The van der Waals surface area contributed by atoms with E-state index in [0.717, 1.165) is 16.9 Å². The van der Waals surface area contributed by atoms with Gasteiger partial charge in [0.1, 0.15) is 12.1 Å². The molecule has 0 saturated carbocycles. The van der Waals surface area contributed by atoms with Gasteiger partial charge in [0, 0.05) is 17.3 Å². The molecule has 1 aromatic heterocycles. The van der Waals surface area contributed by atoms with E-state index in [2.05, 4.69) is 15.3 Å². The van der Waals surface area contributed by atoms with Gasteiger partial charge in [0.05, 0.1) is 18.4 Å². The molecule has 0 amide bonds. The van der Waals surface area contributed by atoms with Crippen LogP contribution < -0.4 is 5.32 Å². The molecule has 2 aromatic carbocycles. The Morgan fingerprint density at radius 2 is 1.79 bits per heavy atom. The molecule has 0 fully saturated rings. The number of carbonyl (C=O) groups excluding carboxylic acids is 1. The van der Waals surface area contributed by atoms with Crippen molar-refractivity contribution in [2.75, 3.05) is 12.4 Å². The van der Waals surface area contributed by atoms with Gasteiger partial charge in [0.2, 0.25) is 0 Å². The summed E-state index contributed by atoms with van der Waals surface area (Å²) >= 11 is 0. The van der Waals surface area contributed by atoms with Crippen LogP contribution in [0.15, 0.2) is 67.0 Å². The first-order valence-corrected chi connectivity index (χ1v) is 7.09. The summed E-state index contributed by atoms with van der Waals surface area (Å²) in [7, 11) is 1.36. The highest BCUT2D eigenvalue weighted by atomic mass is 35.5. The van der Waals surface area contributed by atoms with E-state index in [0.29, 0.717) is 11.4 Å². The van der Waals surface area contributed by atoms with Gasteiger partial charge >= 0.3 is 5.97 Å². The third-order valence-electron chi connectivity index (χ3n) is 3.29. The monoisotopic (exact) mass is 341 g/mol. The summed E-state index contributed by atoms with van der Waals surface area (Å²) < 4.78 is 4.73. The number of anilines is 2. The lowest BCUT2D eigenvalue weighted by molar-refractivity contribution is 0.0601. The van der Waals surface area contributed by atoms with Crippen molar-refractivity contribution in [1.82, 2.24) is 9.97 Å². The molecule has 0 aliphatic carbocycles. The first-order valence-electron chi connectivity index (χ1n) is 7.09. The number of halogens is 1. The maximum atomic E-state index is 11.6. The van der Waals surface area contributed by atoms with E-state index in [9.17, 15) is 4.79 Å². The Kier molecular flexibility index (Phi) is 5.87. The van der Waals surface area contributed by atoms with E-state index in [1.165, 1.54) is 13.4 Å². The van der Waals surface area contributed by atoms with Gasteiger partial charge in [0.25, 0.3) is 0 Å². The molecule has 0 bridgehead atoms. The molecule has 3 rings (SSSR count). The van der Waals surface area contributed by atoms with Crippen LogP contribution in [-0.2, 0) is 4.74 Å². The van der Waals surface area contributed by atoms with E-state index in [1.54, 1.807) is 18.2 Å². The highest BCUT2D eigenvalue weighted by Crippen LogP contribution is 2.21. The van der Waals surface area contributed by atoms with Gasteiger partial charge < -0.3 is 10.1 Å². The second-order valence-electron chi connectivity index (χ2n) is 4.85. The normalized spacial score (nSPS) is 9.71. The fourth-order valence-corrected chi connectivity index (χ4v) is 2.18. The molecule has 6 heteroatoms. The first kappa shape index (κ1) is 17.4. The van der Waals surface area contributed by atoms with Gasteiger partial charge in [-0.05, 0) is 18.2 Å². The van der Waals surface area contributed by atoms with E-state index in [1.807, 2.05) is 42.5 Å². The summed E-state index contributed by atoms with van der Waals surface area (Å²) in [5.74, 6) is 0.280. The first-order chi connectivity index (χ1) is 11.3. The molecule has 3 aromatic rings. The number of esters is 1. The molecule has 1 N–H and O–H groups in total. The minimum atomic E-state index is -0.374. The summed E-state index contributed by atoms with van der Waals surface area (Å²) in [6, 6.07) is 18.8. The predicted octanol–water partition coefficient (Wildman–Crippen LogP) is 4.10. The molecule has 0 radical (unpaired) electrons. The Hall–Kier alpha value is -2.92. The van der Waals surface area contributed by atoms with Gasteiger partial charge in [-0.2, -0.15) is 0 Å². The summed E-state index contributed by atoms with van der Waals surface area (Å²) in [5, 5.41) is 3.17. The maximum absolute atomic E-state index is 11.6. The van der Waals surface area contributed by atoms with E-state index in [-0.39, 0.29) is 18.4 Å². The van der Waals surface area contributed by atoms with E-state index in [4.69, 9.17) is 4.74 Å². The van der Waals surface area contributed by atoms with Crippen LogP contribution in [0.4, 0.5) is 11.5 Å². The summed E-state index contributed by atoms with van der Waals surface area (Å²) in [6.07, 6.45) is 1.51. The van der Waals surface area contributed by atoms with Gasteiger partial charge in [0.15, 0.2) is 0 Å². The largest absolute Gasteiger partial charge is 0.465 e. The van der Waals surface area contributed by atoms with Crippen LogP contribution in [0.25, 0.3) is 11.3 Å². The highest BCUT2D eigenvalue weighted by Gasteiger charge is 2.07. The SMILES string of the molecule is COC(=O)c1cccc(Nc2cc(-c3ccccc3)ncn2)c1.Cl. The quantitative estimate of drug-likeness (QED) is 0.724. The number of ether oxygens (including phenoxy) is 1. The van der Waals surface area contributed by atoms with Gasteiger partial charge in [-0.3, -0.25) is 0 Å². The minimum absolute atomic E-state index is 0.